The Hall–Kier alpha value is -1.11. The van der Waals surface area contributed by atoms with Gasteiger partial charge in [-0.25, -0.2) is 0 Å². The van der Waals surface area contributed by atoms with Gasteiger partial charge < -0.3 is 5.32 Å². The van der Waals surface area contributed by atoms with Crippen LogP contribution in [0.25, 0.3) is 0 Å². The molecule has 1 fully saturated rings. The first kappa shape index (κ1) is 16.3. The molecule has 1 heterocycles. The zero-order valence-corrected chi connectivity index (χ0v) is 12.3. The molecule has 0 bridgehead atoms. The van der Waals surface area contributed by atoms with Gasteiger partial charge in [0, 0.05) is 31.2 Å². The van der Waals surface area contributed by atoms with Gasteiger partial charge in [-0.15, -0.1) is 13.2 Å². The van der Waals surface area contributed by atoms with Crippen molar-refractivity contribution in [3.63, 3.8) is 0 Å². The van der Waals surface area contributed by atoms with Gasteiger partial charge in [0.1, 0.15) is 0 Å². The number of piperazine rings is 1. The average Bonchev–Trinajstić information content (AvgIpc) is 2.37. The number of nitrogens with one attached hydrogen (secondary N) is 1. The highest BCUT2D eigenvalue weighted by Gasteiger charge is 2.34. The highest BCUT2D eigenvalue weighted by atomic mass is 19.4. The molecule has 1 aliphatic heterocycles. The van der Waals surface area contributed by atoms with Crippen LogP contribution in [0.4, 0.5) is 13.2 Å². The van der Waals surface area contributed by atoms with Crippen LogP contribution in [0.2, 0.25) is 0 Å². The van der Waals surface area contributed by atoms with Crippen LogP contribution in [-0.2, 0) is 4.74 Å². The summed E-state index contributed by atoms with van der Waals surface area (Å²) in [6.45, 7) is 5.39. The fourth-order valence-corrected chi connectivity index (χ4v) is 2.69. The average molecular weight is 302 g/mol. The molecule has 1 atom stereocenters. The Morgan fingerprint density at radius 3 is 2.57 bits per heavy atom. The second-order valence-corrected chi connectivity index (χ2v) is 5.96. The minimum absolute atomic E-state index is 0.0658. The van der Waals surface area contributed by atoms with Crippen molar-refractivity contribution in [1.29, 1.82) is 0 Å². The van der Waals surface area contributed by atoms with Gasteiger partial charge in [-0.2, -0.15) is 0 Å². The van der Waals surface area contributed by atoms with Crippen molar-refractivity contribution in [2.75, 3.05) is 26.2 Å². The molecule has 1 aliphatic rings. The van der Waals surface area contributed by atoms with E-state index >= 15 is 0 Å². The quantitative estimate of drug-likeness (QED) is 0.925. The lowest BCUT2D eigenvalue weighted by Gasteiger charge is -2.44. The van der Waals surface area contributed by atoms with Crippen molar-refractivity contribution in [1.82, 2.24) is 10.2 Å². The topological polar surface area (TPSA) is 24.5 Å². The molecule has 1 N–H and O–H groups in total. The lowest BCUT2D eigenvalue weighted by Crippen LogP contribution is -2.58. The first-order chi connectivity index (χ1) is 9.77. The number of nitrogens with zero attached hydrogens (tertiary/aromatic N) is 1. The van der Waals surface area contributed by atoms with Crippen molar-refractivity contribution in [3.05, 3.63) is 35.9 Å². The van der Waals surface area contributed by atoms with Crippen LogP contribution in [0.3, 0.4) is 0 Å². The van der Waals surface area contributed by atoms with E-state index in [1.54, 1.807) is 0 Å². The highest BCUT2D eigenvalue weighted by molar-refractivity contribution is 5.20. The monoisotopic (exact) mass is 302 g/mol. The molecule has 118 valence electrons. The first-order valence-electron chi connectivity index (χ1n) is 7.02. The molecule has 1 unspecified atom stereocenters. The van der Waals surface area contributed by atoms with E-state index in [4.69, 9.17) is 0 Å². The van der Waals surface area contributed by atoms with Crippen LogP contribution in [0.5, 0.6) is 0 Å². The predicted octanol–water partition coefficient (Wildman–Crippen LogP) is 2.95. The van der Waals surface area contributed by atoms with Gasteiger partial charge in [0.2, 0.25) is 0 Å². The summed E-state index contributed by atoms with van der Waals surface area (Å²) in [5.74, 6) is 0. The number of rotatable bonds is 4. The molecular formula is C15H21F3N2O. The molecular weight excluding hydrogens is 281 g/mol. The fraction of sp³-hybridized carbons (Fsp3) is 0.600. The highest BCUT2D eigenvalue weighted by Crippen LogP contribution is 2.27. The number of hydrogen-bond acceptors (Lipinski definition) is 3. The van der Waals surface area contributed by atoms with Crippen LogP contribution in [-0.4, -0.2) is 43.0 Å². The van der Waals surface area contributed by atoms with Gasteiger partial charge in [0.25, 0.3) is 0 Å². The van der Waals surface area contributed by atoms with Gasteiger partial charge in [-0.05, 0) is 19.4 Å². The molecule has 21 heavy (non-hydrogen) atoms. The van der Waals surface area contributed by atoms with E-state index in [1.165, 1.54) is 0 Å². The van der Waals surface area contributed by atoms with Crippen molar-refractivity contribution >= 4 is 0 Å². The van der Waals surface area contributed by atoms with Crippen LogP contribution in [0, 0.1) is 0 Å². The maximum Gasteiger partial charge on any atom is 0.522 e. The summed E-state index contributed by atoms with van der Waals surface area (Å²) in [4.78, 5) is 2.05. The summed E-state index contributed by atoms with van der Waals surface area (Å²) in [6, 6.07) is 9.89. The number of benzene rings is 1. The number of alkyl halides is 3. The van der Waals surface area contributed by atoms with E-state index in [0.717, 1.165) is 5.56 Å². The Bertz CT molecular complexity index is 448. The Morgan fingerprint density at radius 1 is 1.29 bits per heavy atom. The minimum atomic E-state index is -4.56. The number of ether oxygens (including phenoxy) is 1. The zero-order chi connectivity index (χ0) is 15.5. The Balaban J connectivity index is 2.04. The smallest absolute Gasteiger partial charge is 0.309 e. The number of hydrogen-bond donors (Lipinski definition) is 1. The molecule has 1 aromatic rings. The molecule has 1 saturated heterocycles. The first-order valence-corrected chi connectivity index (χ1v) is 7.02. The van der Waals surface area contributed by atoms with Crippen LogP contribution < -0.4 is 5.32 Å². The van der Waals surface area contributed by atoms with Crippen LogP contribution in [0.1, 0.15) is 25.5 Å². The standard InChI is InChI=1S/C15H21F3N2O/c1-14(2)11-20(8-9-21-15(16,17)18)13(10-19-14)12-6-4-3-5-7-12/h3-7,13,19H,8-11H2,1-2H3. The lowest BCUT2D eigenvalue weighted by atomic mass is 9.95. The zero-order valence-electron chi connectivity index (χ0n) is 12.3. The van der Waals surface area contributed by atoms with Gasteiger partial charge in [0.05, 0.1) is 6.61 Å². The van der Waals surface area contributed by atoms with E-state index in [0.29, 0.717) is 13.1 Å². The normalized spacial score (nSPS) is 23.2. The van der Waals surface area contributed by atoms with Crippen LogP contribution in [0.15, 0.2) is 30.3 Å². The third kappa shape index (κ3) is 4.98. The lowest BCUT2D eigenvalue weighted by molar-refractivity contribution is -0.325. The molecule has 6 heteroatoms. The maximum absolute atomic E-state index is 12.1. The molecule has 0 saturated carbocycles. The van der Waals surface area contributed by atoms with E-state index in [1.807, 2.05) is 44.2 Å². The second kappa shape index (κ2) is 6.34. The fourth-order valence-electron chi connectivity index (χ4n) is 2.69. The largest absolute Gasteiger partial charge is 0.522 e. The van der Waals surface area contributed by atoms with Gasteiger partial charge in [-0.3, -0.25) is 9.64 Å². The molecule has 0 aromatic heterocycles. The van der Waals surface area contributed by atoms with Crippen molar-refractivity contribution in [2.45, 2.75) is 31.8 Å². The molecule has 0 amide bonds. The maximum atomic E-state index is 12.1. The van der Waals surface area contributed by atoms with Crippen molar-refractivity contribution in [3.8, 4) is 0 Å². The third-order valence-corrected chi connectivity index (χ3v) is 3.64. The molecule has 3 nitrogen and oxygen atoms in total. The molecule has 1 aromatic carbocycles. The molecule has 2 rings (SSSR count). The minimum Gasteiger partial charge on any atom is -0.309 e. The summed E-state index contributed by atoms with van der Waals surface area (Å²) in [7, 11) is 0. The van der Waals surface area contributed by atoms with E-state index in [-0.39, 0.29) is 24.7 Å². The summed E-state index contributed by atoms with van der Waals surface area (Å²) in [5, 5.41) is 3.44. The van der Waals surface area contributed by atoms with Crippen molar-refractivity contribution < 1.29 is 17.9 Å². The SMILES string of the molecule is CC1(C)CN(CCOC(F)(F)F)C(c2ccccc2)CN1. The Labute approximate surface area is 123 Å². The van der Waals surface area contributed by atoms with Crippen molar-refractivity contribution in [2.24, 2.45) is 0 Å². The van der Waals surface area contributed by atoms with Gasteiger partial charge in [0.15, 0.2) is 0 Å². The third-order valence-electron chi connectivity index (χ3n) is 3.64. The predicted molar refractivity (Wildman–Crippen MR) is 74.8 cm³/mol. The van der Waals surface area contributed by atoms with E-state index in [2.05, 4.69) is 15.0 Å². The molecule has 0 aliphatic carbocycles. The summed E-state index contributed by atoms with van der Waals surface area (Å²) in [6.07, 6.45) is -4.56. The van der Waals surface area contributed by atoms with E-state index in [9.17, 15) is 13.2 Å². The summed E-state index contributed by atoms with van der Waals surface area (Å²) < 4.78 is 40.3. The van der Waals surface area contributed by atoms with E-state index < -0.39 is 6.36 Å². The molecule has 0 radical (unpaired) electrons. The molecule has 0 spiro atoms. The number of halogens is 3. The van der Waals surface area contributed by atoms with Gasteiger partial charge >= 0.3 is 6.36 Å². The summed E-state index contributed by atoms with van der Waals surface area (Å²) >= 11 is 0. The Morgan fingerprint density at radius 2 is 1.95 bits per heavy atom. The van der Waals surface area contributed by atoms with Crippen LogP contribution >= 0.6 is 0 Å². The Kier molecular flexibility index (Phi) is 4.91. The second-order valence-electron chi connectivity index (χ2n) is 5.96. The van der Waals surface area contributed by atoms with Gasteiger partial charge in [-0.1, -0.05) is 30.3 Å². The summed E-state index contributed by atoms with van der Waals surface area (Å²) in [5.41, 5.74) is 0.983.